The van der Waals surface area contributed by atoms with Crippen LogP contribution in [0.1, 0.15) is 49.3 Å². The number of methoxy groups -OCH3 is 2. The minimum Gasteiger partial charge on any atom is -0.497 e. The highest BCUT2D eigenvalue weighted by Gasteiger charge is 2.48. The van der Waals surface area contributed by atoms with E-state index in [-0.39, 0.29) is 31.1 Å². The Morgan fingerprint density at radius 1 is 0.842 bits per heavy atom. The van der Waals surface area contributed by atoms with Crippen LogP contribution in [0, 0.1) is 0 Å². The summed E-state index contributed by atoms with van der Waals surface area (Å²) in [5, 5.41) is 14.3. The molecule has 57 heavy (non-hydrogen) atoms. The summed E-state index contributed by atoms with van der Waals surface area (Å²) in [7, 11) is 3.21. The van der Waals surface area contributed by atoms with E-state index < -0.39 is 41.7 Å². The number of aliphatic hydroxyl groups is 1. The van der Waals surface area contributed by atoms with Crippen LogP contribution in [0.2, 0.25) is 0 Å². The average Bonchev–Trinajstić information content (AvgIpc) is 3.53. The third-order valence-electron chi connectivity index (χ3n) is 9.82. The van der Waals surface area contributed by atoms with E-state index >= 15 is 0 Å². The zero-order chi connectivity index (χ0) is 40.6. The molecule has 0 aliphatic carbocycles. The number of rotatable bonds is 16. The Labute approximate surface area is 332 Å². The Hall–Kier alpha value is -5.79. The molecule has 6 rings (SSSR count). The second-order valence-electron chi connectivity index (χ2n) is 14.6. The first-order valence-corrected chi connectivity index (χ1v) is 18.6. The first kappa shape index (κ1) is 40.9. The number of benzene rings is 4. The van der Waals surface area contributed by atoms with Crippen LogP contribution in [0.3, 0.4) is 0 Å². The predicted octanol–water partition coefficient (Wildman–Crippen LogP) is 6.41. The summed E-state index contributed by atoms with van der Waals surface area (Å²) < 4.78 is 37.2. The summed E-state index contributed by atoms with van der Waals surface area (Å²) >= 11 is 0. The highest BCUT2D eigenvalue weighted by atomic mass is 16.6. The summed E-state index contributed by atoms with van der Waals surface area (Å²) in [5.41, 5.74) is 1.63. The van der Waals surface area contributed by atoms with E-state index in [0.29, 0.717) is 17.2 Å². The van der Waals surface area contributed by atoms with E-state index in [0.717, 1.165) is 22.3 Å². The standard InChI is InChI=1S/C45H49N3O9/c1-7-27-54-41-40(50)37(57-42(41)48-26-25-38(47-43(48)51)46-39(49)29-55-36-23-13-30(14-24-36)44(2,3)4)28-56-45(31-11-9-8-10-12-31,32-15-19-34(52-5)20-16-32)33-17-21-35(53-6)22-18-33/h7-26,37,40-42,50H,1,27-29H2,2-6H3,(H,46,47,49,51). The lowest BCUT2D eigenvalue weighted by molar-refractivity contribution is -0.118. The highest BCUT2D eigenvalue weighted by Crippen LogP contribution is 2.43. The second-order valence-corrected chi connectivity index (χ2v) is 14.6. The van der Waals surface area contributed by atoms with E-state index in [1.54, 1.807) is 20.3 Å². The van der Waals surface area contributed by atoms with Crippen LogP contribution in [-0.2, 0) is 30.0 Å². The predicted molar refractivity (Wildman–Crippen MR) is 216 cm³/mol. The number of aromatic nitrogens is 2. The molecule has 1 saturated heterocycles. The van der Waals surface area contributed by atoms with Crippen molar-refractivity contribution >= 4 is 11.7 Å². The molecule has 0 bridgehead atoms. The molecule has 12 heteroatoms. The van der Waals surface area contributed by atoms with Crippen molar-refractivity contribution in [3.05, 3.63) is 161 Å². The van der Waals surface area contributed by atoms with Gasteiger partial charge >= 0.3 is 5.69 Å². The molecule has 298 valence electrons. The molecule has 4 unspecified atom stereocenters. The lowest BCUT2D eigenvalue weighted by atomic mass is 9.80. The molecular formula is C45H49N3O9. The third kappa shape index (κ3) is 9.27. The molecule has 1 fully saturated rings. The number of anilines is 1. The van der Waals surface area contributed by atoms with E-state index in [2.05, 4.69) is 37.7 Å². The van der Waals surface area contributed by atoms with Crippen molar-refractivity contribution in [3.8, 4) is 17.2 Å². The van der Waals surface area contributed by atoms with E-state index in [4.69, 9.17) is 28.4 Å². The number of aliphatic hydroxyl groups excluding tert-OH is 1. The van der Waals surface area contributed by atoms with Gasteiger partial charge in [0.15, 0.2) is 12.8 Å². The van der Waals surface area contributed by atoms with Gasteiger partial charge in [-0.15, -0.1) is 6.58 Å². The van der Waals surface area contributed by atoms with Crippen LogP contribution in [0.4, 0.5) is 5.82 Å². The average molecular weight is 776 g/mol. The molecule has 0 saturated carbocycles. The van der Waals surface area contributed by atoms with E-state index in [1.807, 2.05) is 103 Å². The van der Waals surface area contributed by atoms with Gasteiger partial charge in [0.25, 0.3) is 5.91 Å². The maximum absolute atomic E-state index is 13.5. The molecule has 4 aromatic carbocycles. The Bertz CT molecular complexity index is 2100. The molecule has 12 nitrogen and oxygen atoms in total. The lowest BCUT2D eigenvalue weighted by Gasteiger charge is -2.37. The topological polar surface area (TPSA) is 140 Å². The van der Waals surface area contributed by atoms with Gasteiger partial charge < -0.3 is 38.8 Å². The number of carbonyl (C=O) groups excluding carboxylic acids is 1. The van der Waals surface area contributed by atoms with Gasteiger partial charge in [-0.05, 0) is 70.1 Å². The fourth-order valence-corrected chi connectivity index (χ4v) is 6.78. The molecule has 2 N–H and O–H groups in total. The number of nitrogens with one attached hydrogen (secondary N) is 1. The van der Waals surface area contributed by atoms with Gasteiger partial charge in [0, 0.05) is 6.20 Å². The quantitative estimate of drug-likeness (QED) is 0.0854. The molecular weight excluding hydrogens is 727 g/mol. The number of hydrogen-bond donors (Lipinski definition) is 2. The van der Waals surface area contributed by atoms with Gasteiger partial charge in [-0.2, -0.15) is 4.98 Å². The highest BCUT2D eigenvalue weighted by molar-refractivity contribution is 5.90. The van der Waals surface area contributed by atoms with Crippen molar-refractivity contribution in [2.75, 3.05) is 39.4 Å². The first-order valence-electron chi connectivity index (χ1n) is 18.6. The molecule has 1 amide bonds. The van der Waals surface area contributed by atoms with Crippen molar-refractivity contribution in [2.45, 2.75) is 56.3 Å². The van der Waals surface area contributed by atoms with Crippen LogP contribution in [0.25, 0.3) is 0 Å². The van der Waals surface area contributed by atoms with E-state index in [9.17, 15) is 14.7 Å². The molecule has 4 atom stereocenters. The van der Waals surface area contributed by atoms with Crippen LogP contribution in [-0.4, -0.2) is 72.9 Å². The summed E-state index contributed by atoms with van der Waals surface area (Å²) in [6.45, 7) is 9.77. The summed E-state index contributed by atoms with van der Waals surface area (Å²) in [6.07, 6.45) is -1.29. The molecule has 1 aliphatic rings. The maximum Gasteiger partial charge on any atom is 0.351 e. The monoisotopic (exact) mass is 775 g/mol. The Kier molecular flexibility index (Phi) is 12.9. The first-order chi connectivity index (χ1) is 27.5. The summed E-state index contributed by atoms with van der Waals surface area (Å²) in [6, 6.07) is 33.9. The number of hydrogen-bond acceptors (Lipinski definition) is 10. The van der Waals surface area contributed by atoms with Gasteiger partial charge in [-0.1, -0.05) is 93.6 Å². The number of carbonyl (C=O) groups is 1. The Balaban J connectivity index is 1.23. The zero-order valence-corrected chi connectivity index (χ0v) is 32.8. The maximum atomic E-state index is 13.5. The number of ether oxygens (including phenoxy) is 6. The molecule has 0 radical (unpaired) electrons. The normalized spacial score (nSPS) is 18.1. The van der Waals surface area contributed by atoms with Crippen LogP contribution < -0.4 is 25.2 Å². The Morgan fingerprint density at radius 2 is 1.40 bits per heavy atom. The molecule has 1 aliphatic heterocycles. The fraction of sp³-hybridized carbons (Fsp3) is 0.311. The minimum absolute atomic E-state index is 0.0140. The van der Waals surface area contributed by atoms with Crippen molar-refractivity contribution in [3.63, 3.8) is 0 Å². The van der Waals surface area contributed by atoms with Gasteiger partial charge in [0.1, 0.15) is 47.0 Å². The fourth-order valence-electron chi connectivity index (χ4n) is 6.78. The van der Waals surface area contributed by atoms with Crippen molar-refractivity contribution in [1.29, 1.82) is 0 Å². The number of nitrogens with zero attached hydrogens (tertiary/aromatic N) is 2. The number of amides is 1. The third-order valence-corrected chi connectivity index (χ3v) is 9.82. The SMILES string of the molecule is C=CCOC1C(O)C(COC(c2ccccc2)(c2ccc(OC)cc2)c2ccc(OC)cc2)OC1n1ccc(NC(=O)COc2ccc(C(C)(C)C)cc2)nc1=O. The van der Waals surface area contributed by atoms with E-state index in [1.165, 1.54) is 16.8 Å². The van der Waals surface area contributed by atoms with Crippen LogP contribution in [0.15, 0.2) is 133 Å². The molecule has 0 spiro atoms. The minimum atomic E-state index is -1.23. The molecule has 2 heterocycles. The van der Waals surface area contributed by atoms with Crippen molar-refractivity contribution < 1.29 is 38.3 Å². The van der Waals surface area contributed by atoms with Crippen molar-refractivity contribution in [1.82, 2.24) is 9.55 Å². The zero-order valence-electron chi connectivity index (χ0n) is 32.8. The van der Waals surface area contributed by atoms with Gasteiger partial charge in [-0.3, -0.25) is 9.36 Å². The van der Waals surface area contributed by atoms with Crippen LogP contribution >= 0.6 is 0 Å². The van der Waals surface area contributed by atoms with Gasteiger partial charge in [-0.25, -0.2) is 4.79 Å². The van der Waals surface area contributed by atoms with Crippen LogP contribution in [0.5, 0.6) is 17.2 Å². The van der Waals surface area contributed by atoms with Gasteiger partial charge in [0.05, 0.1) is 27.4 Å². The smallest absolute Gasteiger partial charge is 0.351 e. The summed E-state index contributed by atoms with van der Waals surface area (Å²) in [5.74, 6) is 1.43. The largest absolute Gasteiger partial charge is 0.497 e. The molecule has 5 aromatic rings. The Morgan fingerprint density at radius 3 is 1.95 bits per heavy atom. The summed E-state index contributed by atoms with van der Waals surface area (Å²) in [4.78, 5) is 30.3. The molecule has 1 aromatic heterocycles. The van der Waals surface area contributed by atoms with Gasteiger partial charge in [0.2, 0.25) is 0 Å². The van der Waals surface area contributed by atoms with Crippen molar-refractivity contribution in [2.24, 2.45) is 0 Å². The lowest BCUT2D eigenvalue weighted by Crippen LogP contribution is -2.40. The second kappa shape index (κ2) is 18.0.